The number of H-pyrrole nitrogens is 1. The first-order valence-electron chi connectivity index (χ1n) is 6.26. The van der Waals surface area contributed by atoms with Gasteiger partial charge in [0.15, 0.2) is 0 Å². The lowest BCUT2D eigenvalue weighted by molar-refractivity contribution is -0.384. The molecule has 0 unspecified atom stereocenters. The molecule has 0 bridgehead atoms. The molecule has 0 saturated carbocycles. The Morgan fingerprint density at radius 1 is 1.48 bits per heavy atom. The summed E-state index contributed by atoms with van der Waals surface area (Å²) in [4.78, 5) is 22.2. The van der Waals surface area contributed by atoms with Crippen LogP contribution in [0.4, 0.5) is 11.4 Å². The molecule has 2 aromatic rings. The van der Waals surface area contributed by atoms with Crippen molar-refractivity contribution in [1.29, 1.82) is 0 Å². The van der Waals surface area contributed by atoms with Crippen LogP contribution in [0.1, 0.15) is 21.6 Å². The normalized spacial score (nSPS) is 10.2. The lowest BCUT2D eigenvalue weighted by Crippen LogP contribution is -2.18. The van der Waals surface area contributed by atoms with Crippen molar-refractivity contribution < 1.29 is 9.72 Å². The number of hydrogen-bond acceptors (Lipinski definition) is 5. The van der Waals surface area contributed by atoms with E-state index in [1.165, 1.54) is 25.2 Å². The lowest BCUT2D eigenvalue weighted by Gasteiger charge is -2.08. The minimum absolute atomic E-state index is 0.0798. The molecule has 1 amide bonds. The topological polar surface area (TPSA) is 113 Å². The number of anilines is 1. The SMILES string of the molecule is CNC(=O)c1ccc([N+](=O)[O-])c(NCc2cn[nH]c2C)c1. The molecule has 0 aliphatic carbocycles. The summed E-state index contributed by atoms with van der Waals surface area (Å²) < 4.78 is 0. The van der Waals surface area contributed by atoms with E-state index in [4.69, 9.17) is 0 Å². The van der Waals surface area contributed by atoms with Crippen LogP contribution in [0.2, 0.25) is 0 Å². The predicted molar refractivity (Wildman–Crippen MR) is 77.1 cm³/mol. The van der Waals surface area contributed by atoms with Crippen molar-refractivity contribution in [3.8, 4) is 0 Å². The molecule has 1 aromatic carbocycles. The van der Waals surface area contributed by atoms with Gasteiger partial charge in [0.2, 0.25) is 0 Å². The minimum atomic E-state index is -0.488. The number of carbonyl (C=O) groups excluding carboxylic acids is 1. The van der Waals surface area contributed by atoms with Crippen LogP contribution < -0.4 is 10.6 Å². The van der Waals surface area contributed by atoms with Crippen LogP contribution in [0.25, 0.3) is 0 Å². The van der Waals surface area contributed by atoms with Gasteiger partial charge in [0, 0.05) is 36.5 Å². The van der Waals surface area contributed by atoms with Crippen molar-refractivity contribution in [2.45, 2.75) is 13.5 Å². The van der Waals surface area contributed by atoms with Crippen LogP contribution >= 0.6 is 0 Å². The first-order valence-corrected chi connectivity index (χ1v) is 6.26. The number of nitro groups is 1. The number of nitrogens with zero attached hydrogens (tertiary/aromatic N) is 2. The smallest absolute Gasteiger partial charge is 0.292 e. The van der Waals surface area contributed by atoms with E-state index in [1.54, 1.807) is 6.20 Å². The van der Waals surface area contributed by atoms with Gasteiger partial charge in [-0.2, -0.15) is 5.10 Å². The largest absolute Gasteiger partial charge is 0.375 e. The van der Waals surface area contributed by atoms with Gasteiger partial charge in [-0.3, -0.25) is 20.0 Å². The van der Waals surface area contributed by atoms with Gasteiger partial charge < -0.3 is 10.6 Å². The summed E-state index contributed by atoms with van der Waals surface area (Å²) in [6.45, 7) is 2.24. The fourth-order valence-corrected chi connectivity index (χ4v) is 1.87. The maximum atomic E-state index is 11.6. The van der Waals surface area contributed by atoms with Crippen LogP contribution in [0.3, 0.4) is 0 Å². The minimum Gasteiger partial charge on any atom is -0.375 e. The molecule has 8 nitrogen and oxygen atoms in total. The maximum absolute atomic E-state index is 11.6. The second kappa shape index (κ2) is 6.04. The molecule has 110 valence electrons. The molecule has 3 N–H and O–H groups in total. The summed E-state index contributed by atoms with van der Waals surface area (Å²) in [6, 6.07) is 4.20. The van der Waals surface area contributed by atoms with E-state index in [1.807, 2.05) is 6.92 Å². The van der Waals surface area contributed by atoms with Crippen molar-refractivity contribution in [2.24, 2.45) is 0 Å². The van der Waals surface area contributed by atoms with Gasteiger partial charge in [-0.05, 0) is 19.1 Å². The Morgan fingerprint density at radius 2 is 2.24 bits per heavy atom. The molecule has 0 radical (unpaired) electrons. The molecule has 1 heterocycles. The zero-order chi connectivity index (χ0) is 15.4. The van der Waals surface area contributed by atoms with E-state index in [2.05, 4.69) is 20.8 Å². The van der Waals surface area contributed by atoms with Crippen molar-refractivity contribution in [1.82, 2.24) is 15.5 Å². The number of nitrogens with one attached hydrogen (secondary N) is 3. The van der Waals surface area contributed by atoms with E-state index in [0.717, 1.165) is 11.3 Å². The predicted octanol–water partition coefficient (Wildman–Crippen LogP) is 1.60. The summed E-state index contributed by atoms with van der Waals surface area (Å²) in [5.74, 6) is -0.299. The molecule has 0 atom stereocenters. The Bertz CT molecular complexity index is 680. The third-order valence-electron chi connectivity index (χ3n) is 3.09. The number of carbonyl (C=O) groups is 1. The second-order valence-electron chi connectivity index (χ2n) is 4.44. The highest BCUT2D eigenvalue weighted by Gasteiger charge is 2.16. The molecule has 0 aliphatic heterocycles. The van der Waals surface area contributed by atoms with E-state index < -0.39 is 4.92 Å². The summed E-state index contributed by atoms with van der Waals surface area (Å²) >= 11 is 0. The first kappa shape index (κ1) is 14.5. The van der Waals surface area contributed by atoms with Gasteiger partial charge in [0.25, 0.3) is 11.6 Å². The van der Waals surface area contributed by atoms with Crippen LogP contribution in [-0.4, -0.2) is 28.1 Å². The number of benzene rings is 1. The van der Waals surface area contributed by atoms with Crippen LogP contribution in [0, 0.1) is 17.0 Å². The van der Waals surface area contributed by atoms with Crippen molar-refractivity contribution in [3.05, 3.63) is 51.3 Å². The average molecular weight is 289 g/mol. The summed E-state index contributed by atoms with van der Waals surface area (Å²) in [5.41, 5.74) is 2.35. The third kappa shape index (κ3) is 3.16. The quantitative estimate of drug-likeness (QED) is 0.571. The standard InChI is InChI=1S/C13H15N5O3/c1-8-10(7-16-17-8)6-15-11-5-9(13(19)14-2)3-4-12(11)18(20)21/h3-5,7,15H,6H2,1-2H3,(H,14,19)(H,16,17). The number of aromatic nitrogens is 2. The van der Waals surface area contributed by atoms with Gasteiger partial charge in [-0.15, -0.1) is 0 Å². The third-order valence-corrected chi connectivity index (χ3v) is 3.09. The zero-order valence-corrected chi connectivity index (χ0v) is 11.6. The summed E-state index contributed by atoms with van der Waals surface area (Å²) in [7, 11) is 1.51. The van der Waals surface area contributed by atoms with Gasteiger partial charge in [-0.25, -0.2) is 0 Å². The summed E-state index contributed by atoms with van der Waals surface area (Å²) in [6.07, 6.45) is 1.65. The highest BCUT2D eigenvalue weighted by Crippen LogP contribution is 2.26. The molecule has 0 aliphatic rings. The van der Waals surface area contributed by atoms with Crippen LogP contribution in [0.5, 0.6) is 0 Å². The average Bonchev–Trinajstić information content (AvgIpc) is 2.89. The van der Waals surface area contributed by atoms with E-state index in [0.29, 0.717) is 17.8 Å². The van der Waals surface area contributed by atoms with Gasteiger partial charge in [-0.1, -0.05) is 0 Å². The molecule has 0 spiro atoms. The molecular formula is C13H15N5O3. The van der Waals surface area contributed by atoms with Gasteiger partial charge >= 0.3 is 0 Å². The lowest BCUT2D eigenvalue weighted by atomic mass is 10.1. The van der Waals surface area contributed by atoms with Crippen molar-refractivity contribution in [3.63, 3.8) is 0 Å². The fourth-order valence-electron chi connectivity index (χ4n) is 1.87. The Hall–Kier alpha value is -2.90. The number of hydrogen-bond donors (Lipinski definition) is 3. The Labute approximate surface area is 120 Å². The molecule has 8 heteroatoms. The number of nitro benzene ring substituents is 1. The van der Waals surface area contributed by atoms with E-state index >= 15 is 0 Å². The first-order chi connectivity index (χ1) is 10.0. The van der Waals surface area contributed by atoms with Gasteiger partial charge in [0.1, 0.15) is 5.69 Å². The number of amides is 1. The molecule has 21 heavy (non-hydrogen) atoms. The van der Waals surface area contributed by atoms with E-state index in [-0.39, 0.29) is 11.6 Å². The Balaban J connectivity index is 2.28. The molecule has 0 fully saturated rings. The molecule has 2 rings (SSSR count). The van der Waals surface area contributed by atoms with Crippen LogP contribution in [-0.2, 0) is 6.54 Å². The maximum Gasteiger partial charge on any atom is 0.292 e. The highest BCUT2D eigenvalue weighted by atomic mass is 16.6. The Morgan fingerprint density at radius 3 is 2.81 bits per heavy atom. The molecule has 1 aromatic heterocycles. The monoisotopic (exact) mass is 289 g/mol. The molecular weight excluding hydrogens is 274 g/mol. The van der Waals surface area contributed by atoms with Crippen molar-refractivity contribution >= 4 is 17.3 Å². The Kier molecular flexibility index (Phi) is 4.17. The van der Waals surface area contributed by atoms with E-state index in [9.17, 15) is 14.9 Å². The summed E-state index contributed by atoms with van der Waals surface area (Å²) in [5, 5.41) is 23.2. The highest BCUT2D eigenvalue weighted by molar-refractivity contribution is 5.95. The zero-order valence-electron chi connectivity index (χ0n) is 11.6. The van der Waals surface area contributed by atoms with Gasteiger partial charge in [0.05, 0.1) is 11.1 Å². The fraction of sp³-hybridized carbons (Fsp3) is 0.231. The number of aromatic amines is 1. The number of aryl methyl sites for hydroxylation is 1. The second-order valence-corrected chi connectivity index (χ2v) is 4.44. The molecule has 0 saturated heterocycles. The van der Waals surface area contributed by atoms with Crippen LogP contribution in [0.15, 0.2) is 24.4 Å². The number of rotatable bonds is 5. The van der Waals surface area contributed by atoms with Crippen molar-refractivity contribution in [2.75, 3.05) is 12.4 Å².